The molecule has 2 rings (SSSR count). The zero-order valence-corrected chi connectivity index (χ0v) is 16.6. The van der Waals surface area contributed by atoms with Crippen molar-refractivity contribution in [1.29, 1.82) is 0 Å². The normalized spacial score (nSPS) is 14.2. The van der Waals surface area contributed by atoms with Crippen molar-refractivity contribution in [2.45, 2.75) is 38.5 Å². The highest BCUT2D eigenvalue weighted by Gasteiger charge is 2.14. The molecule has 1 aromatic rings. The van der Waals surface area contributed by atoms with Gasteiger partial charge in [0.25, 0.3) is 0 Å². The van der Waals surface area contributed by atoms with Gasteiger partial charge in [0.2, 0.25) is 0 Å². The van der Waals surface area contributed by atoms with Crippen LogP contribution in [0.15, 0.2) is 4.99 Å². The standard InChI is InChI=1S/C15H26N4OS.HI/c1-16-15(18-10-11-20-2)17-9-5-8-14-19-12-6-3-4-7-13(12)21-14;/h3-11H2,1-2H3,(H2,16,17,18);1H. The van der Waals surface area contributed by atoms with Gasteiger partial charge in [-0.25, -0.2) is 4.98 Å². The van der Waals surface area contributed by atoms with E-state index >= 15 is 0 Å². The summed E-state index contributed by atoms with van der Waals surface area (Å²) in [6.45, 7) is 2.37. The number of guanidine groups is 1. The summed E-state index contributed by atoms with van der Waals surface area (Å²) in [6, 6.07) is 0. The molecular weight excluding hydrogens is 411 g/mol. The van der Waals surface area contributed by atoms with Crippen molar-refractivity contribution in [2.24, 2.45) is 4.99 Å². The Balaban J connectivity index is 0.00000242. The van der Waals surface area contributed by atoms with E-state index < -0.39 is 0 Å². The molecule has 0 bridgehead atoms. The Labute approximate surface area is 154 Å². The van der Waals surface area contributed by atoms with E-state index in [1.165, 1.54) is 41.3 Å². The van der Waals surface area contributed by atoms with Crippen molar-refractivity contribution in [3.05, 3.63) is 15.6 Å². The number of aromatic nitrogens is 1. The minimum atomic E-state index is 0. The van der Waals surface area contributed by atoms with E-state index in [0.29, 0.717) is 6.61 Å². The van der Waals surface area contributed by atoms with Crippen LogP contribution in [0, 0.1) is 0 Å². The number of fused-ring (bicyclic) bond motifs is 1. The summed E-state index contributed by atoms with van der Waals surface area (Å²) >= 11 is 1.92. The fourth-order valence-electron chi connectivity index (χ4n) is 2.45. The number of ether oxygens (including phenoxy) is 1. The summed E-state index contributed by atoms with van der Waals surface area (Å²) in [5.41, 5.74) is 1.37. The molecule has 22 heavy (non-hydrogen) atoms. The van der Waals surface area contributed by atoms with Crippen LogP contribution in [-0.2, 0) is 24.0 Å². The van der Waals surface area contributed by atoms with Gasteiger partial charge in [0, 0.05) is 38.5 Å². The molecular formula is C15H27IN4OS. The third kappa shape index (κ3) is 6.37. The molecule has 0 aliphatic heterocycles. The molecule has 1 heterocycles. The molecule has 1 aliphatic rings. The lowest BCUT2D eigenvalue weighted by atomic mass is 10.0. The second-order valence-corrected chi connectivity index (χ2v) is 6.37. The van der Waals surface area contributed by atoms with Gasteiger partial charge in [-0.15, -0.1) is 35.3 Å². The van der Waals surface area contributed by atoms with Gasteiger partial charge in [-0.3, -0.25) is 4.99 Å². The number of aliphatic imine (C=N–C) groups is 1. The Bertz CT molecular complexity index is 441. The Hall–Kier alpha value is -0.410. The Morgan fingerprint density at radius 1 is 1.27 bits per heavy atom. The van der Waals surface area contributed by atoms with Crippen LogP contribution in [0.1, 0.15) is 34.8 Å². The molecule has 0 fully saturated rings. The molecule has 126 valence electrons. The third-order valence-corrected chi connectivity index (χ3v) is 4.79. The second-order valence-electron chi connectivity index (χ2n) is 5.21. The lowest BCUT2D eigenvalue weighted by Crippen LogP contribution is -2.39. The van der Waals surface area contributed by atoms with Crippen molar-refractivity contribution < 1.29 is 4.74 Å². The molecule has 0 atom stereocenters. The summed E-state index contributed by atoms with van der Waals surface area (Å²) in [4.78, 5) is 10.5. The quantitative estimate of drug-likeness (QED) is 0.297. The molecule has 1 aliphatic carbocycles. The van der Waals surface area contributed by atoms with Gasteiger partial charge in [-0.1, -0.05) is 0 Å². The minimum absolute atomic E-state index is 0. The third-order valence-electron chi connectivity index (χ3n) is 3.57. The molecule has 0 saturated carbocycles. The summed E-state index contributed by atoms with van der Waals surface area (Å²) in [7, 11) is 3.49. The first-order valence-corrected chi connectivity index (χ1v) is 8.56. The van der Waals surface area contributed by atoms with Crippen LogP contribution in [0.2, 0.25) is 0 Å². The van der Waals surface area contributed by atoms with E-state index in [4.69, 9.17) is 9.72 Å². The Kier molecular flexibility index (Phi) is 9.98. The maximum atomic E-state index is 5.01. The lowest BCUT2D eigenvalue weighted by molar-refractivity contribution is 0.203. The zero-order chi connectivity index (χ0) is 14.9. The molecule has 1 aromatic heterocycles. The molecule has 0 spiro atoms. The molecule has 7 heteroatoms. The number of nitrogens with one attached hydrogen (secondary N) is 2. The van der Waals surface area contributed by atoms with Gasteiger partial charge in [-0.05, 0) is 32.1 Å². The van der Waals surface area contributed by atoms with Crippen LogP contribution in [0.25, 0.3) is 0 Å². The molecule has 0 amide bonds. The predicted molar refractivity (Wildman–Crippen MR) is 104 cm³/mol. The highest BCUT2D eigenvalue weighted by molar-refractivity contribution is 14.0. The van der Waals surface area contributed by atoms with Crippen molar-refractivity contribution >= 4 is 41.3 Å². The van der Waals surface area contributed by atoms with E-state index in [1.807, 2.05) is 11.3 Å². The predicted octanol–water partition coefficient (Wildman–Crippen LogP) is 2.38. The number of hydrogen-bond donors (Lipinski definition) is 2. The summed E-state index contributed by atoms with van der Waals surface area (Å²) in [5, 5.41) is 7.83. The average Bonchev–Trinajstić information content (AvgIpc) is 2.92. The Morgan fingerprint density at radius 2 is 2.05 bits per heavy atom. The molecule has 0 radical (unpaired) electrons. The molecule has 0 unspecified atom stereocenters. The molecule has 0 saturated heterocycles. The van der Waals surface area contributed by atoms with Crippen molar-refractivity contribution in [3.63, 3.8) is 0 Å². The highest BCUT2D eigenvalue weighted by Crippen LogP contribution is 2.27. The molecule has 5 nitrogen and oxygen atoms in total. The monoisotopic (exact) mass is 438 g/mol. The number of thiazole rings is 1. The minimum Gasteiger partial charge on any atom is -0.383 e. The maximum absolute atomic E-state index is 5.01. The maximum Gasteiger partial charge on any atom is 0.191 e. The number of aryl methyl sites for hydroxylation is 3. The van der Waals surface area contributed by atoms with E-state index in [2.05, 4.69) is 15.6 Å². The van der Waals surface area contributed by atoms with E-state index in [-0.39, 0.29) is 24.0 Å². The van der Waals surface area contributed by atoms with Crippen LogP contribution in [0.5, 0.6) is 0 Å². The van der Waals surface area contributed by atoms with Gasteiger partial charge in [0.05, 0.1) is 17.3 Å². The lowest BCUT2D eigenvalue weighted by Gasteiger charge is -2.10. The summed E-state index contributed by atoms with van der Waals surface area (Å²) in [6.07, 6.45) is 7.19. The van der Waals surface area contributed by atoms with Crippen molar-refractivity contribution in [2.75, 3.05) is 33.9 Å². The average molecular weight is 438 g/mol. The van der Waals surface area contributed by atoms with E-state index in [0.717, 1.165) is 31.9 Å². The van der Waals surface area contributed by atoms with Gasteiger partial charge < -0.3 is 15.4 Å². The first-order chi connectivity index (χ1) is 10.3. The number of rotatable bonds is 7. The first kappa shape index (κ1) is 19.6. The van der Waals surface area contributed by atoms with Gasteiger partial charge >= 0.3 is 0 Å². The summed E-state index contributed by atoms with van der Waals surface area (Å²) < 4.78 is 5.01. The fraction of sp³-hybridized carbons (Fsp3) is 0.733. The van der Waals surface area contributed by atoms with Crippen LogP contribution < -0.4 is 10.6 Å². The molecule has 0 aromatic carbocycles. The number of methoxy groups -OCH3 is 1. The topological polar surface area (TPSA) is 58.5 Å². The van der Waals surface area contributed by atoms with E-state index in [1.54, 1.807) is 14.2 Å². The number of nitrogens with zero attached hydrogens (tertiary/aromatic N) is 2. The smallest absolute Gasteiger partial charge is 0.191 e. The molecule has 2 N–H and O–H groups in total. The largest absolute Gasteiger partial charge is 0.383 e. The van der Waals surface area contributed by atoms with Crippen molar-refractivity contribution in [3.8, 4) is 0 Å². The SMILES string of the molecule is CN=C(NCCCc1nc2c(s1)CCCC2)NCCOC.I. The van der Waals surface area contributed by atoms with Gasteiger partial charge in [-0.2, -0.15) is 0 Å². The van der Waals surface area contributed by atoms with Crippen LogP contribution in [0.4, 0.5) is 0 Å². The van der Waals surface area contributed by atoms with Crippen molar-refractivity contribution in [1.82, 2.24) is 15.6 Å². The van der Waals surface area contributed by atoms with Crippen LogP contribution in [0.3, 0.4) is 0 Å². The number of halogens is 1. The highest BCUT2D eigenvalue weighted by atomic mass is 127. The van der Waals surface area contributed by atoms with E-state index in [9.17, 15) is 0 Å². The summed E-state index contributed by atoms with van der Waals surface area (Å²) in [5.74, 6) is 0.838. The first-order valence-electron chi connectivity index (χ1n) is 7.74. The fourth-order valence-corrected chi connectivity index (χ4v) is 3.65. The van der Waals surface area contributed by atoms with Crippen LogP contribution in [-0.4, -0.2) is 44.8 Å². The van der Waals surface area contributed by atoms with Gasteiger partial charge in [0.15, 0.2) is 5.96 Å². The van der Waals surface area contributed by atoms with Crippen LogP contribution >= 0.6 is 35.3 Å². The number of hydrogen-bond acceptors (Lipinski definition) is 4. The Morgan fingerprint density at radius 3 is 2.77 bits per heavy atom. The second kappa shape index (κ2) is 11.2. The van der Waals surface area contributed by atoms with Gasteiger partial charge in [0.1, 0.15) is 0 Å². The zero-order valence-electron chi connectivity index (χ0n) is 13.5.